The minimum Gasteiger partial charge on any atom is -0.356 e. The number of rotatable bonds is 6. The first-order chi connectivity index (χ1) is 15.9. The van der Waals surface area contributed by atoms with Crippen molar-refractivity contribution in [3.05, 3.63) is 150 Å². The maximum Gasteiger partial charge on any atom is 0.216 e. The Bertz CT molecular complexity index is 1270. The van der Waals surface area contributed by atoms with Gasteiger partial charge in [0.05, 0.1) is 12.0 Å². The van der Waals surface area contributed by atoms with Gasteiger partial charge in [0.25, 0.3) is 0 Å². The molecule has 0 saturated carbocycles. The van der Waals surface area contributed by atoms with Gasteiger partial charge in [0.2, 0.25) is 7.28 Å². The summed E-state index contributed by atoms with van der Waals surface area (Å²) in [5, 5.41) is 0. The summed E-state index contributed by atoms with van der Waals surface area (Å²) in [6, 6.07) is 42.0. The average Bonchev–Trinajstić information content (AvgIpc) is 3.32. The van der Waals surface area contributed by atoms with Crippen molar-refractivity contribution in [3.63, 3.8) is 0 Å². The van der Waals surface area contributed by atoms with Crippen molar-refractivity contribution in [1.82, 2.24) is 9.97 Å². The van der Waals surface area contributed by atoms with Gasteiger partial charge in [-0.1, -0.05) is 127 Å². The van der Waals surface area contributed by atoms with Crippen LogP contribution in [0.15, 0.2) is 128 Å². The zero-order valence-electron chi connectivity index (χ0n) is 17.6. The Labute approximate surface area is 189 Å². The van der Waals surface area contributed by atoms with E-state index in [1.807, 2.05) is 12.1 Å². The van der Waals surface area contributed by atoms with Crippen LogP contribution in [0.25, 0.3) is 11.1 Å². The first kappa shape index (κ1) is 19.8. The van der Waals surface area contributed by atoms with E-state index in [0.717, 1.165) is 44.6 Å². The van der Waals surface area contributed by atoms with Crippen LogP contribution < -0.4 is 11.1 Å². The summed E-state index contributed by atoms with van der Waals surface area (Å²) in [6.45, 7) is 0. The molecule has 1 heterocycles. The van der Waals surface area contributed by atoms with Gasteiger partial charge in [0, 0.05) is 11.2 Å². The van der Waals surface area contributed by atoms with Gasteiger partial charge in [-0.05, 0) is 22.3 Å². The maximum absolute atomic E-state index is 4.82. The molecule has 1 radical (unpaired) electrons. The third-order valence-electron chi connectivity index (χ3n) is 5.45. The van der Waals surface area contributed by atoms with Crippen LogP contribution in [0, 0.1) is 0 Å². The fourth-order valence-electron chi connectivity index (χ4n) is 4.00. The normalized spacial score (nSPS) is 10.5. The van der Waals surface area contributed by atoms with Crippen LogP contribution >= 0.6 is 0 Å². The van der Waals surface area contributed by atoms with E-state index in [-0.39, 0.29) is 0 Å². The molecule has 2 nitrogen and oxygen atoms in total. The first-order valence-corrected chi connectivity index (χ1v) is 10.7. The second kappa shape index (κ2) is 9.36. The van der Waals surface area contributed by atoms with Gasteiger partial charge in [-0.25, -0.2) is 4.98 Å². The molecule has 32 heavy (non-hydrogen) atoms. The molecule has 0 amide bonds. The van der Waals surface area contributed by atoms with Crippen LogP contribution in [0.1, 0.15) is 22.4 Å². The van der Waals surface area contributed by atoms with Gasteiger partial charge in [-0.3, -0.25) is 0 Å². The van der Waals surface area contributed by atoms with Crippen LogP contribution in [0.3, 0.4) is 0 Å². The quantitative estimate of drug-likeness (QED) is 0.308. The van der Waals surface area contributed by atoms with E-state index in [9.17, 15) is 0 Å². The van der Waals surface area contributed by atoms with Crippen molar-refractivity contribution < 1.29 is 0 Å². The molecule has 4 aromatic carbocycles. The zero-order valence-corrected chi connectivity index (χ0v) is 17.6. The van der Waals surface area contributed by atoms with Gasteiger partial charge >= 0.3 is 0 Å². The highest BCUT2D eigenvalue weighted by molar-refractivity contribution is 6.67. The van der Waals surface area contributed by atoms with Gasteiger partial charge in [0.1, 0.15) is 0 Å². The van der Waals surface area contributed by atoms with Gasteiger partial charge in [-0.15, -0.1) is 0 Å². The van der Waals surface area contributed by atoms with Crippen LogP contribution in [0.4, 0.5) is 0 Å². The Hall–Kier alpha value is -4.11. The van der Waals surface area contributed by atoms with Crippen molar-refractivity contribution >= 4 is 29.5 Å². The topological polar surface area (TPSA) is 28.7 Å². The minimum absolute atomic E-state index is 0.933. The third kappa shape index (κ3) is 4.19. The molecule has 0 atom stereocenters. The molecule has 0 aliphatic heterocycles. The van der Waals surface area contributed by atoms with Crippen molar-refractivity contribution in [2.75, 3.05) is 0 Å². The van der Waals surface area contributed by atoms with Crippen molar-refractivity contribution in [3.8, 4) is 0 Å². The fourth-order valence-corrected chi connectivity index (χ4v) is 4.00. The Morgan fingerprint density at radius 2 is 0.969 bits per heavy atom. The van der Waals surface area contributed by atoms with E-state index < -0.39 is 0 Å². The molecule has 0 bridgehead atoms. The molecule has 0 saturated heterocycles. The Morgan fingerprint density at radius 1 is 0.531 bits per heavy atom. The summed E-state index contributed by atoms with van der Waals surface area (Å²) in [6.07, 6.45) is 1.78. The number of aromatic amines is 1. The lowest BCUT2D eigenvalue weighted by atomic mass is 9.65. The number of hydrogen-bond acceptors (Lipinski definition) is 1. The molecule has 151 valence electrons. The third-order valence-corrected chi connectivity index (χ3v) is 5.45. The Kier molecular flexibility index (Phi) is 5.80. The Balaban J connectivity index is 1.78. The number of aromatic nitrogens is 2. The highest BCUT2D eigenvalue weighted by Crippen LogP contribution is 2.35. The van der Waals surface area contributed by atoms with Crippen molar-refractivity contribution in [2.45, 2.75) is 0 Å². The van der Waals surface area contributed by atoms with E-state index in [2.05, 4.69) is 121 Å². The molecule has 1 aromatic heterocycles. The molecule has 5 rings (SSSR count). The van der Waals surface area contributed by atoms with Crippen molar-refractivity contribution in [1.29, 1.82) is 0 Å². The lowest BCUT2D eigenvalue weighted by molar-refractivity contribution is 1.30. The molecule has 3 heteroatoms. The van der Waals surface area contributed by atoms with Gasteiger partial charge in [-0.2, -0.15) is 0 Å². The van der Waals surface area contributed by atoms with E-state index in [4.69, 9.17) is 4.98 Å². The van der Waals surface area contributed by atoms with Gasteiger partial charge < -0.3 is 4.98 Å². The van der Waals surface area contributed by atoms with Crippen LogP contribution in [0.5, 0.6) is 0 Å². The smallest absolute Gasteiger partial charge is 0.216 e. The molecule has 0 fully saturated rings. The second-order valence-electron chi connectivity index (χ2n) is 7.57. The summed E-state index contributed by atoms with van der Waals surface area (Å²) < 4.78 is 0. The maximum atomic E-state index is 4.82. The van der Waals surface area contributed by atoms with Crippen LogP contribution in [-0.2, 0) is 0 Å². The van der Waals surface area contributed by atoms with Crippen molar-refractivity contribution in [2.24, 2.45) is 0 Å². The molecule has 1 N–H and O–H groups in total. The highest BCUT2D eigenvalue weighted by atomic mass is 14.9. The summed E-state index contributed by atoms with van der Waals surface area (Å²) in [5.41, 5.74) is 8.76. The zero-order chi connectivity index (χ0) is 21.6. The van der Waals surface area contributed by atoms with E-state index >= 15 is 0 Å². The molecule has 0 unspecified atom stereocenters. The van der Waals surface area contributed by atoms with E-state index in [1.165, 1.54) is 0 Å². The number of imidazole rings is 1. The number of nitrogens with zero attached hydrogens (tertiary/aromatic N) is 1. The number of H-pyrrole nitrogens is 1. The summed E-state index contributed by atoms with van der Waals surface area (Å²) in [4.78, 5) is 8.18. The number of benzene rings is 4. The largest absolute Gasteiger partial charge is 0.356 e. The van der Waals surface area contributed by atoms with E-state index in [1.54, 1.807) is 6.33 Å². The van der Waals surface area contributed by atoms with Gasteiger partial charge in [0.15, 0.2) is 0 Å². The highest BCUT2D eigenvalue weighted by Gasteiger charge is 2.20. The Morgan fingerprint density at radius 3 is 1.47 bits per heavy atom. The van der Waals surface area contributed by atoms with Crippen LogP contribution in [0.2, 0.25) is 0 Å². The SMILES string of the molecule is [B](c1ccccc1)c1[nH]cnc1C(=C(c1ccccc1)c1ccccc1)c1ccccc1. The second-order valence-corrected chi connectivity index (χ2v) is 7.57. The molecule has 0 aliphatic rings. The number of nitrogens with one attached hydrogen (secondary N) is 1. The molecular weight excluding hydrogens is 387 g/mol. The predicted octanol–water partition coefficient (Wildman–Crippen LogP) is 5.07. The summed E-state index contributed by atoms with van der Waals surface area (Å²) >= 11 is 0. The molecular formula is C29H22BN2. The number of hydrogen-bond donors (Lipinski definition) is 1. The first-order valence-electron chi connectivity index (χ1n) is 10.7. The standard InChI is InChI=1S/C29H22BN2/c1-5-13-22(14-6-1)26(23-15-7-2-8-16-23)27(24-17-9-3-10-18-24)28-29(32-21-31-28)30-25-19-11-4-12-20-25/h1-21H,(H,31,32). The lowest BCUT2D eigenvalue weighted by Gasteiger charge is -2.17. The molecule has 0 spiro atoms. The molecule has 5 aromatic rings. The predicted molar refractivity (Wildman–Crippen MR) is 134 cm³/mol. The average molecular weight is 409 g/mol. The molecule has 0 aliphatic carbocycles. The summed E-state index contributed by atoms with van der Waals surface area (Å²) in [5.74, 6) is 0. The lowest BCUT2D eigenvalue weighted by Crippen LogP contribution is -2.30. The van der Waals surface area contributed by atoms with Crippen LogP contribution in [-0.4, -0.2) is 17.2 Å². The van der Waals surface area contributed by atoms with E-state index in [0.29, 0.717) is 0 Å². The monoisotopic (exact) mass is 409 g/mol. The minimum atomic E-state index is 0.933. The summed E-state index contributed by atoms with van der Waals surface area (Å²) in [7, 11) is 2.15. The fraction of sp³-hybridized carbons (Fsp3) is 0.